The van der Waals surface area contributed by atoms with Crippen molar-refractivity contribution in [1.82, 2.24) is 15.5 Å². The monoisotopic (exact) mass is 377 g/mol. The van der Waals surface area contributed by atoms with Crippen LogP contribution in [0, 0.1) is 5.82 Å². The van der Waals surface area contributed by atoms with Crippen LogP contribution < -0.4 is 5.32 Å². The average Bonchev–Trinajstić information content (AvgIpc) is 3.26. The van der Waals surface area contributed by atoms with E-state index in [0.717, 1.165) is 10.4 Å². The largest absolute Gasteiger partial charge is 0.410 e. The fourth-order valence-corrected chi connectivity index (χ4v) is 3.46. The minimum atomic E-state index is -0.403. The highest BCUT2D eigenvalue weighted by Crippen LogP contribution is 2.28. The zero-order valence-electron chi connectivity index (χ0n) is 13.6. The second-order valence-electron chi connectivity index (χ2n) is 5.39. The Balaban J connectivity index is 1.58. The summed E-state index contributed by atoms with van der Waals surface area (Å²) < 4.78 is 18.6. The maximum Gasteiger partial charge on any atom is 0.277 e. The van der Waals surface area contributed by atoms with Crippen LogP contribution in [-0.2, 0) is 4.79 Å². The fourth-order valence-electron chi connectivity index (χ4n) is 2.13. The maximum atomic E-state index is 13.0. The first-order valence-corrected chi connectivity index (χ1v) is 9.38. The van der Waals surface area contributed by atoms with Crippen molar-refractivity contribution in [2.24, 2.45) is 0 Å². The molecule has 1 amide bonds. The van der Waals surface area contributed by atoms with Crippen LogP contribution in [0.1, 0.15) is 25.5 Å². The fraction of sp³-hybridized carbons (Fsp3) is 0.235. The number of nitrogens with zero attached hydrogens (tertiary/aromatic N) is 2. The third-order valence-electron chi connectivity index (χ3n) is 3.51. The average molecular weight is 377 g/mol. The number of thioether (sulfide) groups is 1. The van der Waals surface area contributed by atoms with E-state index in [2.05, 4.69) is 15.5 Å². The molecule has 0 bridgehead atoms. The summed E-state index contributed by atoms with van der Waals surface area (Å²) in [6.45, 7) is 3.62. The van der Waals surface area contributed by atoms with Crippen molar-refractivity contribution in [2.75, 3.05) is 0 Å². The molecule has 2 aromatic heterocycles. The van der Waals surface area contributed by atoms with Gasteiger partial charge in [-0.15, -0.1) is 21.5 Å². The van der Waals surface area contributed by atoms with Gasteiger partial charge in [-0.25, -0.2) is 4.39 Å². The number of carbonyl (C=O) groups excluding carboxylic acids is 1. The van der Waals surface area contributed by atoms with Gasteiger partial charge in [0.15, 0.2) is 0 Å². The lowest BCUT2D eigenvalue weighted by molar-refractivity contribution is -0.120. The Morgan fingerprint density at radius 2 is 2.00 bits per heavy atom. The van der Waals surface area contributed by atoms with E-state index in [1.165, 1.54) is 35.2 Å². The van der Waals surface area contributed by atoms with Gasteiger partial charge in [0.25, 0.3) is 11.1 Å². The topological polar surface area (TPSA) is 68.0 Å². The highest BCUT2D eigenvalue weighted by atomic mass is 32.2. The number of halogens is 1. The van der Waals surface area contributed by atoms with Crippen molar-refractivity contribution in [3.63, 3.8) is 0 Å². The Kier molecular flexibility index (Phi) is 5.50. The molecule has 25 heavy (non-hydrogen) atoms. The van der Waals surface area contributed by atoms with E-state index in [9.17, 15) is 9.18 Å². The second kappa shape index (κ2) is 7.79. The zero-order chi connectivity index (χ0) is 17.8. The van der Waals surface area contributed by atoms with Gasteiger partial charge in [-0.05, 0) is 43.0 Å². The summed E-state index contributed by atoms with van der Waals surface area (Å²) in [5.74, 6) is -0.00775. The van der Waals surface area contributed by atoms with Crippen LogP contribution in [0.15, 0.2) is 51.4 Å². The number of amides is 1. The summed E-state index contributed by atoms with van der Waals surface area (Å²) in [5.41, 5.74) is 0.838. The van der Waals surface area contributed by atoms with E-state index >= 15 is 0 Å². The van der Waals surface area contributed by atoms with Crippen molar-refractivity contribution in [3.8, 4) is 10.8 Å². The second-order valence-corrected chi connectivity index (χ2v) is 7.63. The highest BCUT2D eigenvalue weighted by Gasteiger charge is 2.20. The Morgan fingerprint density at radius 3 is 2.68 bits per heavy atom. The molecule has 0 aliphatic rings. The number of carbonyl (C=O) groups is 1. The van der Waals surface area contributed by atoms with E-state index in [1.807, 2.05) is 24.4 Å². The summed E-state index contributed by atoms with van der Waals surface area (Å²) in [7, 11) is 0. The van der Waals surface area contributed by atoms with E-state index in [-0.39, 0.29) is 17.8 Å². The van der Waals surface area contributed by atoms with Crippen LogP contribution in [0.4, 0.5) is 4.39 Å². The molecule has 2 atom stereocenters. The predicted molar refractivity (Wildman–Crippen MR) is 95.9 cm³/mol. The number of aromatic nitrogens is 2. The molecule has 0 aliphatic heterocycles. The van der Waals surface area contributed by atoms with E-state index < -0.39 is 5.25 Å². The summed E-state index contributed by atoms with van der Waals surface area (Å²) >= 11 is 2.71. The lowest BCUT2D eigenvalue weighted by atomic mass is 10.1. The van der Waals surface area contributed by atoms with E-state index in [1.54, 1.807) is 19.1 Å². The first kappa shape index (κ1) is 17.6. The standard InChI is InChI=1S/C17H16FN3O2S2/c1-10(12-5-7-13(18)8-6-12)19-15(22)11(2)25-17-21-20-16(23-17)14-4-3-9-24-14/h3-11H,1-2H3,(H,19,22). The summed E-state index contributed by atoms with van der Waals surface area (Å²) in [6.07, 6.45) is 0. The Morgan fingerprint density at radius 1 is 1.24 bits per heavy atom. The number of hydrogen-bond donors (Lipinski definition) is 1. The normalized spacial score (nSPS) is 13.4. The van der Waals surface area contributed by atoms with Gasteiger partial charge in [0, 0.05) is 0 Å². The van der Waals surface area contributed by atoms with Crippen molar-refractivity contribution in [1.29, 1.82) is 0 Å². The SMILES string of the molecule is CC(Sc1nnc(-c2cccs2)o1)C(=O)NC(C)c1ccc(F)cc1. The van der Waals surface area contributed by atoms with Gasteiger partial charge in [-0.3, -0.25) is 4.79 Å². The molecule has 0 spiro atoms. The molecule has 1 aromatic carbocycles. The molecular formula is C17H16FN3O2S2. The minimum absolute atomic E-state index is 0.155. The molecule has 0 fully saturated rings. The number of hydrogen-bond acceptors (Lipinski definition) is 6. The van der Waals surface area contributed by atoms with Gasteiger partial charge in [0.2, 0.25) is 5.91 Å². The third kappa shape index (κ3) is 4.46. The zero-order valence-corrected chi connectivity index (χ0v) is 15.2. The molecule has 2 unspecified atom stereocenters. The van der Waals surface area contributed by atoms with Gasteiger partial charge in [-0.1, -0.05) is 30.0 Å². The van der Waals surface area contributed by atoms with Crippen LogP contribution >= 0.6 is 23.1 Å². The number of thiophene rings is 1. The van der Waals surface area contributed by atoms with Gasteiger partial charge >= 0.3 is 0 Å². The van der Waals surface area contributed by atoms with Crippen molar-refractivity contribution in [2.45, 2.75) is 30.4 Å². The summed E-state index contributed by atoms with van der Waals surface area (Å²) in [4.78, 5) is 13.2. The molecule has 2 heterocycles. The molecule has 0 radical (unpaired) electrons. The first-order chi connectivity index (χ1) is 12.0. The molecule has 3 rings (SSSR count). The van der Waals surface area contributed by atoms with Crippen LogP contribution in [0.25, 0.3) is 10.8 Å². The first-order valence-electron chi connectivity index (χ1n) is 7.63. The minimum Gasteiger partial charge on any atom is -0.410 e. The lowest BCUT2D eigenvalue weighted by Crippen LogP contribution is -2.33. The highest BCUT2D eigenvalue weighted by molar-refractivity contribution is 8.00. The van der Waals surface area contributed by atoms with Crippen LogP contribution in [0.3, 0.4) is 0 Å². The smallest absolute Gasteiger partial charge is 0.277 e. The molecule has 8 heteroatoms. The van der Waals surface area contributed by atoms with E-state index in [4.69, 9.17) is 4.42 Å². The molecule has 0 saturated heterocycles. The predicted octanol–water partition coefficient (Wildman–Crippen LogP) is 4.30. The lowest BCUT2D eigenvalue weighted by Gasteiger charge is -2.16. The number of rotatable bonds is 6. The summed E-state index contributed by atoms with van der Waals surface area (Å²) in [6, 6.07) is 9.64. The van der Waals surface area contributed by atoms with Crippen molar-refractivity contribution < 1.29 is 13.6 Å². The van der Waals surface area contributed by atoms with Gasteiger partial charge in [-0.2, -0.15) is 0 Å². The molecule has 1 N–H and O–H groups in total. The molecule has 0 saturated carbocycles. The summed E-state index contributed by atoms with van der Waals surface area (Å²) in [5, 5.41) is 12.7. The van der Waals surface area contributed by atoms with Gasteiger partial charge < -0.3 is 9.73 Å². The van der Waals surface area contributed by atoms with Crippen LogP contribution in [0.2, 0.25) is 0 Å². The van der Waals surface area contributed by atoms with Gasteiger partial charge in [0.05, 0.1) is 16.2 Å². The molecular weight excluding hydrogens is 361 g/mol. The molecule has 5 nitrogen and oxygen atoms in total. The quantitative estimate of drug-likeness (QED) is 0.649. The maximum absolute atomic E-state index is 13.0. The van der Waals surface area contributed by atoms with E-state index in [0.29, 0.717) is 11.1 Å². The number of benzene rings is 1. The van der Waals surface area contributed by atoms with Crippen molar-refractivity contribution >= 4 is 29.0 Å². The van der Waals surface area contributed by atoms with Crippen molar-refractivity contribution in [3.05, 3.63) is 53.2 Å². The van der Waals surface area contributed by atoms with Crippen LogP contribution in [0.5, 0.6) is 0 Å². The Bertz CT molecular complexity index is 834. The third-order valence-corrected chi connectivity index (χ3v) is 5.31. The Hall–Kier alpha value is -2.19. The van der Waals surface area contributed by atoms with Gasteiger partial charge in [0.1, 0.15) is 5.82 Å². The Labute approximate surface area is 152 Å². The molecule has 0 aliphatic carbocycles. The number of nitrogens with one attached hydrogen (secondary N) is 1. The molecule has 3 aromatic rings. The van der Waals surface area contributed by atoms with Crippen LogP contribution in [-0.4, -0.2) is 21.4 Å². The molecule has 130 valence electrons.